The number of benzene rings is 7. The third-order valence-electron chi connectivity index (χ3n) is 20.2. The van der Waals surface area contributed by atoms with E-state index in [1.54, 1.807) is 0 Å². The molecule has 0 bridgehead atoms. The minimum Gasteiger partial charge on any atom is -0.456 e. The Kier molecular flexibility index (Phi) is 9.88. The van der Waals surface area contributed by atoms with Crippen LogP contribution >= 0.6 is 0 Å². The Morgan fingerprint density at radius 3 is 1.69 bits per heavy atom. The largest absolute Gasteiger partial charge is 0.456 e. The number of nitrogens with one attached hydrogen (secondary N) is 1. The summed E-state index contributed by atoms with van der Waals surface area (Å²) in [6.07, 6.45) is 7.03. The minimum absolute atomic E-state index is 0.0122. The van der Waals surface area contributed by atoms with E-state index in [4.69, 9.17) is 4.42 Å². The van der Waals surface area contributed by atoms with Crippen LogP contribution in [-0.4, -0.2) is 7.28 Å². The van der Waals surface area contributed by atoms with Crippen molar-refractivity contribution in [2.24, 2.45) is 0 Å². The lowest BCUT2D eigenvalue weighted by molar-refractivity contribution is 0.332. The second-order valence-corrected chi connectivity index (χ2v) is 28.2. The van der Waals surface area contributed by atoms with Crippen LogP contribution in [0.2, 0.25) is 0 Å². The van der Waals surface area contributed by atoms with E-state index >= 15 is 0 Å². The van der Waals surface area contributed by atoms with E-state index in [2.05, 4.69) is 223 Å². The monoisotopic (exact) mass is 973 g/mol. The Morgan fingerprint density at radius 1 is 0.446 bits per heavy atom. The molecule has 376 valence electrons. The molecule has 0 saturated carbocycles. The summed E-state index contributed by atoms with van der Waals surface area (Å²) in [5, 5.41) is 6.60. The van der Waals surface area contributed by atoms with E-state index in [-0.39, 0.29) is 37.9 Å². The predicted molar refractivity (Wildman–Crippen MR) is 318 cm³/mol. The van der Waals surface area contributed by atoms with Gasteiger partial charge in [-0.15, -0.1) is 0 Å². The summed E-state index contributed by atoms with van der Waals surface area (Å²) < 4.78 is 6.83. The van der Waals surface area contributed by atoms with Crippen molar-refractivity contribution in [3.8, 4) is 22.3 Å². The molecule has 0 saturated heterocycles. The smallest absolute Gasteiger partial charge is 0.198 e. The molecule has 0 amide bonds. The van der Waals surface area contributed by atoms with Crippen molar-refractivity contribution in [3.63, 3.8) is 0 Å². The number of anilines is 5. The van der Waals surface area contributed by atoms with E-state index in [1.165, 1.54) is 142 Å². The Labute approximate surface area is 442 Å². The lowest BCUT2D eigenvalue weighted by Crippen LogP contribution is -2.43. The van der Waals surface area contributed by atoms with Gasteiger partial charge in [0.2, 0.25) is 0 Å². The number of para-hydroxylation sites is 1. The van der Waals surface area contributed by atoms with E-state index < -0.39 is 0 Å². The van der Waals surface area contributed by atoms with E-state index in [0.717, 1.165) is 37.7 Å². The maximum atomic E-state index is 6.83. The highest BCUT2D eigenvalue weighted by Crippen LogP contribution is 2.59. The van der Waals surface area contributed by atoms with Gasteiger partial charge in [0.1, 0.15) is 11.2 Å². The van der Waals surface area contributed by atoms with Crippen molar-refractivity contribution < 1.29 is 4.42 Å². The van der Waals surface area contributed by atoms with E-state index in [1.807, 2.05) is 0 Å². The molecule has 0 atom stereocenters. The van der Waals surface area contributed by atoms with Gasteiger partial charge < -0.3 is 14.6 Å². The molecule has 2 heterocycles. The van der Waals surface area contributed by atoms with Crippen molar-refractivity contribution in [2.75, 3.05) is 10.2 Å². The summed E-state index contributed by atoms with van der Waals surface area (Å²) in [5.74, 6) is 0. The standard InChI is InChI=1S/C70H77BN2O/c1-40-32-50-54(69(12,13)31-28-65(50,4)5)38-57(40)73-58-39-60-45(43-21-17-19-23-59(43)74-60)36-55(58)71-62-47(34-46-42-20-16-18-22-48(42)70(14,15)61(46)63(62)73)44-35-52-53(68(10,11)30-29-67(52,8)9)37-56(44)72-41-24-25-49-51(33-41)66(6,7)27-26-64(49,2)3/h16-25,32-39,71-72H,26-31H2,1-15H3. The Morgan fingerprint density at radius 2 is 1.01 bits per heavy atom. The number of aryl methyl sites for hydroxylation is 1. The molecule has 4 heteroatoms. The first kappa shape index (κ1) is 47.7. The first-order chi connectivity index (χ1) is 34.8. The number of furan rings is 1. The fraction of sp³-hybridized carbons (Fsp3) is 0.400. The first-order valence-corrected chi connectivity index (χ1v) is 28.1. The van der Waals surface area contributed by atoms with Gasteiger partial charge in [-0.1, -0.05) is 163 Å². The number of rotatable bonds is 4. The van der Waals surface area contributed by atoms with Crippen LogP contribution in [0.15, 0.2) is 114 Å². The van der Waals surface area contributed by atoms with Gasteiger partial charge in [-0.25, -0.2) is 0 Å². The maximum absolute atomic E-state index is 6.83. The van der Waals surface area contributed by atoms with Crippen molar-refractivity contribution in [1.82, 2.24) is 0 Å². The van der Waals surface area contributed by atoms with Gasteiger partial charge in [-0.2, -0.15) is 0 Å². The molecule has 0 fully saturated rings. The molecule has 74 heavy (non-hydrogen) atoms. The summed E-state index contributed by atoms with van der Waals surface area (Å²) in [5.41, 5.74) is 29.2. The fourth-order valence-electron chi connectivity index (χ4n) is 15.0. The third kappa shape index (κ3) is 6.84. The van der Waals surface area contributed by atoms with Crippen LogP contribution in [0.5, 0.6) is 0 Å². The quantitative estimate of drug-likeness (QED) is 0.178. The second-order valence-electron chi connectivity index (χ2n) is 28.2. The molecule has 0 spiro atoms. The third-order valence-corrected chi connectivity index (χ3v) is 20.2. The summed E-state index contributed by atoms with van der Waals surface area (Å²) in [4.78, 5) is 2.73. The molecule has 13 rings (SSSR count). The number of hydrogen-bond acceptors (Lipinski definition) is 3. The number of hydrogen-bond donors (Lipinski definition) is 1. The number of fused-ring (bicyclic) bond motifs is 12. The molecule has 1 aromatic heterocycles. The van der Waals surface area contributed by atoms with Crippen molar-refractivity contribution in [3.05, 3.63) is 159 Å². The molecule has 7 aromatic carbocycles. The summed E-state index contributed by atoms with van der Waals surface area (Å²) in [6, 6.07) is 43.2. The minimum atomic E-state index is -0.274. The highest BCUT2D eigenvalue weighted by molar-refractivity contribution is 6.73. The topological polar surface area (TPSA) is 28.4 Å². The Hall–Kier alpha value is -6.00. The van der Waals surface area contributed by atoms with Crippen molar-refractivity contribution in [1.29, 1.82) is 0 Å². The van der Waals surface area contributed by atoms with Gasteiger partial charge in [0, 0.05) is 56.3 Å². The predicted octanol–water partition coefficient (Wildman–Crippen LogP) is 17.8. The Balaban J connectivity index is 1.15. The van der Waals surface area contributed by atoms with Crippen molar-refractivity contribution >= 4 is 68.6 Å². The zero-order valence-electron chi connectivity index (χ0n) is 47.2. The van der Waals surface area contributed by atoms with Crippen LogP contribution in [0.25, 0.3) is 44.2 Å². The van der Waals surface area contributed by atoms with Crippen LogP contribution in [-0.2, 0) is 37.9 Å². The van der Waals surface area contributed by atoms with Gasteiger partial charge in [0.25, 0.3) is 0 Å². The van der Waals surface area contributed by atoms with E-state index in [9.17, 15) is 0 Å². The summed E-state index contributed by atoms with van der Waals surface area (Å²) >= 11 is 0. The number of nitrogens with zero attached hydrogens (tertiary/aromatic N) is 1. The zero-order chi connectivity index (χ0) is 52.0. The van der Waals surface area contributed by atoms with Gasteiger partial charge in [0.15, 0.2) is 7.28 Å². The molecular formula is C70H77BN2O. The maximum Gasteiger partial charge on any atom is 0.198 e. The molecule has 0 unspecified atom stereocenters. The average Bonchev–Trinajstić information content (AvgIpc) is 3.86. The summed E-state index contributed by atoms with van der Waals surface area (Å²) in [7, 11) is 0.793. The molecule has 5 aliphatic rings. The summed E-state index contributed by atoms with van der Waals surface area (Å²) in [6.45, 7) is 36.9. The van der Waals surface area contributed by atoms with Crippen LogP contribution < -0.4 is 21.1 Å². The molecule has 8 aromatic rings. The highest BCUT2D eigenvalue weighted by Gasteiger charge is 2.46. The average molecular weight is 973 g/mol. The van der Waals surface area contributed by atoms with Crippen LogP contribution in [0, 0.1) is 6.92 Å². The lowest BCUT2D eigenvalue weighted by Gasteiger charge is -2.44. The Bertz CT molecular complexity index is 3740. The van der Waals surface area contributed by atoms with Crippen LogP contribution in [0.1, 0.15) is 186 Å². The molecular weight excluding hydrogens is 896 g/mol. The molecule has 1 N–H and O–H groups in total. The van der Waals surface area contributed by atoms with Gasteiger partial charge in [0.05, 0.1) is 0 Å². The highest BCUT2D eigenvalue weighted by atomic mass is 16.3. The van der Waals surface area contributed by atoms with Gasteiger partial charge in [-0.3, -0.25) is 0 Å². The molecule has 0 radical (unpaired) electrons. The normalized spacial score (nSPS) is 20.3. The van der Waals surface area contributed by atoms with Crippen molar-refractivity contribution in [2.45, 2.75) is 180 Å². The lowest BCUT2D eigenvalue weighted by atomic mass is 9.56. The van der Waals surface area contributed by atoms with E-state index in [0.29, 0.717) is 0 Å². The molecule has 1 aliphatic heterocycles. The zero-order valence-corrected chi connectivity index (χ0v) is 47.2. The van der Waals surface area contributed by atoms with Crippen LogP contribution in [0.3, 0.4) is 0 Å². The van der Waals surface area contributed by atoms with Gasteiger partial charge in [-0.05, 0) is 193 Å². The molecule has 3 nitrogen and oxygen atoms in total. The fourth-order valence-corrected chi connectivity index (χ4v) is 15.0. The SMILES string of the molecule is Cc1cc2c(cc1N1c3cc4oc5ccccc5c4cc3Bc3c(-c4cc5c(cc4Nc4ccc6c(c4)C(C)(C)CCC6(C)C)C(C)(C)CCC5(C)C)cc4c(c31)C(C)(C)c1ccccc1-4)C(C)(C)CCC2(C)C. The van der Waals surface area contributed by atoms with Gasteiger partial charge >= 0.3 is 0 Å². The molecule has 4 aliphatic carbocycles. The first-order valence-electron chi connectivity index (χ1n) is 28.1. The van der Waals surface area contributed by atoms with Crippen LogP contribution in [0.4, 0.5) is 28.4 Å². The second kappa shape index (κ2) is 15.3.